The van der Waals surface area contributed by atoms with E-state index in [4.69, 9.17) is 18.9 Å². The summed E-state index contributed by atoms with van der Waals surface area (Å²) < 4.78 is 21.9. The highest BCUT2D eigenvalue weighted by molar-refractivity contribution is 7.99. The molecule has 2 aromatic carbocycles. The summed E-state index contributed by atoms with van der Waals surface area (Å²) in [7, 11) is 3.15. The molecule has 7 heteroatoms. The molecule has 27 heavy (non-hydrogen) atoms. The number of hydrogen-bond donors (Lipinski definition) is 0. The second-order valence-electron chi connectivity index (χ2n) is 6.19. The van der Waals surface area contributed by atoms with Crippen molar-refractivity contribution in [1.82, 2.24) is 4.90 Å². The van der Waals surface area contributed by atoms with Gasteiger partial charge in [-0.3, -0.25) is 4.79 Å². The third kappa shape index (κ3) is 3.39. The lowest BCUT2D eigenvalue weighted by Gasteiger charge is -2.26. The maximum absolute atomic E-state index is 13.2. The van der Waals surface area contributed by atoms with E-state index in [0.29, 0.717) is 36.8 Å². The van der Waals surface area contributed by atoms with Gasteiger partial charge in [0.25, 0.3) is 5.91 Å². The summed E-state index contributed by atoms with van der Waals surface area (Å²) in [6.45, 7) is 1.78. The normalized spacial score (nSPS) is 18.3. The smallest absolute Gasteiger partial charge is 0.258 e. The predicted molar refractivity (Wildman–Crippen MR) is 103 cm³/mol. The van der Waals surface area contributed by atoms with E-state index in [1.54, 1.807) is 44.2 Å². The van der Waals surface area contributed by atoms with Crippen LogP contribution in [0.15, 0.2) is 36.4 Å². The van der Waals surface area contributed by atoms with Gasteiger partial charge in [0.05, 0.1) is 19.8 Å². The van der Waals surface area contributed by atoms with Gasteiger partial charge in [-0.1, -0.05) is 6.07 Å². The van der Waals surface area contributed by atoms with E-state index in [1.807, 2.05) is 23.1 Å². The van der Waals surface area contributed by atoms with Gasteiger partial charge in [0.15, 0.2) is 11.5 Å². The van der Waals surface area contributed by atoms with Gasteiger partial charge in [-0.2, -0.15) is 0 Å². The highest BCUT2D eigenvalue weighted by atomic mass is 32.2. The highest BCUT2D eigenvalue weighted by Crippen LogP contribution is 2.43. The summed E-state index contributed by atoms with van der Waals surface area (Å²) in [5, 5.41) is -0.0693. The molecule has 0 bridgehead atoms. The van der Waals surface area contributed by atoms with E-state index >= 15 is 0 Å². The van der Waals surface area contributed by atoms with Crippen molar-refractivity contribution in [2.24, 2.45) is 0 Å². The number of benzene rings is 2. The molecule has 2 aliphatic rings. The number of nitrogens with zero attached hydrogens (tertiary/aromatic N) is 1. The minimum absolute atomic E-state index is 0.0561. The summed E-state index contributed by atoms with van der Waals surface area (Å²) in [6, 6.07) is 11.2. The Hall–Kier alpha value is -2.54. The molecule has 142 valence electrons. The number of thioether (sulfide) groups is 1. The first-order valence-corrected chi connectivity index (χ1v) is 9.80. The van der Waals surface area contributed by atoms with Crippen molar-refractivity contribution >= 4 is 17.7 Å². The molecule has 2 aromatic rings. The Labute approximate surface area is 162 Å². The zero-order valence-corrected chi connectivity index (χ0v) is 16.1. The molecule has 1 atom stereocenters. The summed E-state index contributed by atoms with van der Waals surface area (Å²) in [5.74, 6) is 3.48. The van der Waals surface area contributed by atoms with Crippen LogP contribution in [0.25, 0.3) is 0 Å². The van der Waals surface area contributed by atoms with Gasteiger partial charge in [-0.15, -0.1) is 11.8 Å². The van der Waals surface area contributed by atoms with E-state index in [-0.39, 0.29) is 11.3 Å². The summed E-state index contributed by atoms with van der Waals surface area (Å²) in [5.41, 5.74) is 1.56. The average molecular weight is 387 g/mol. The first-order valence-electron chi connectivity index (χ1n) is 8.75. The van der Waals surface area contributed by atoms with Crippen molar-refractivity contribution in [2.45, 2.75) is 5.37 Å². The van der Waals surface area contributed by atoms with Crippen LogP contribution in [0.1, 0.15) is 21.3 Å². The molecule has 0 spiro atoms. The minimum Gasteiger partial charge on any atom is -0.497 e. The Morgan fingerprint density at radius 3 is 2.67 bits per heavy atom. The first kappa shape index (κ1) is 17.9. The molecule has 1 fully saturated rings. The second-order valence-corrected chi connectivity index (χ2v) is 7.38. The maximum Gasteiger partial charge on any atom is 0.258 e. The molecule has 0 saturated carbocycles. The number of methoxy groups -OCH3 is 2. The van der Waals surface area contributed by atoms with Crippen LogP contribution in [0, 0.1) is 0 Å². The SMILES string of the molecule is COc1ccc(C(=O)N2CCS[C@@H]2c2ccc3c(c2)OCCO3)c(OC)c1. The number of amides is 1. The molecular weight excluding hydrogens is 366 g/mol. The predicted octanol–water partition coefficient (Wildman–Crippen LogP) is 3.36. The van der Waals surface area contributed by atoms with Crippen molar-refractivity contribution in [2.75, 3.05) is 39.7 Å². The molecule has 2 heterocycles. The molecule has 0 N–H and O–H groups in total. The molecule has 0 aromatic heterocycles. The van der Waals surface area contributed by atoms with Gasteiger partial charge in [0.2, 0.25) is 0 Å². The summed E-state index contributed by atoms with van der Waals surface area (Å²) in [4.78, 5) is 15.1. The summed E-state index contributed by atoms with van der Waals surface area (Å²) >= 11 is 1.74. The fourth-order valence-electron chi connectivity index (χ4n) is 3.30. The first-order chi connectivity index (χ1) is 13.2. The third-order valence-corrected chi connectivity index (χ3v) is 5.90. The van der Waals surface area contributed by atoms with Crippen LogP contribution in [0.4, 0.5) is 0 Å². The van der Waals surface area contributed by atoms with Gasteiger partial charge >= 0.3 is 0 Å². The van der Waals surface area contributed by atoms with E-state index in [0.717, 1.165) is 22.8 Å². The van der Waals surface area contributed by atoms with Crippen LogP contribution >= 0.6 is 11.8 Å². The Balaban J connectivity index is 1.62. The van der Waals surface area contributed by atoms with Crippen molar-refractivity contribution in [1.29, 1.82) is 0 Å². The van der Waals surface area contributed by atoms with Gasteiger partial charge in [-0.25, -0.2) is 0 Å². The van der Waals surface area contributed by atoms with Crippen LogP contribution in [0.2, 0.25) is 0 Å². The van der Waals surface area contributed by atoms with Crippen molar-refractivity contribution < 1.29 is 23.7 Å². The van der Waals surface area contributed by atoms with Gasteiger partial charge in [0, 0.05) is 18.4 Å². The number of ether oxygens (including phenoxy) is 4. The van der Waals surface area contributed by atoms with Gasteiger partial charge < -0.3 is 23.8 Å². The highest BCUT2D eigenvalue weighted by Gasteiger charge is 2.33. The lowest BCUT2D eigenvalue weighted by Crippen LogP contribution is -2.30. The Morgan fingerprint density at radius 1 is 1.07 bits per heavy atom. The Bertz CT molecular complexity index is 856. The molecule has 0 aliphatic carbocycles. The van der Waals surface area contributed by atoms with Crippen LogP contribution in [0.3, 0.4) is 0 Å². The molecule has 1 saturated heterocycles. The fourth-order valence-corrected chi connectivity index (χ4v) is 4.54. The topological polar surface area (TPSA) is 57.2 Å². The van der Waals surface area contributed by atoms with E-state index in [9.17, 15) is 4.79 Å². The molecular formula is C20H21NO5S. The third-order valence-electron chi connectivity index (χ3n) is 4.64. The Kier molecular flexibility index (Phi) is 5.03. The van der Waals surface area contributed by atoms with Crippen LogP contribution in [-0.4, -0.2) is 50.5 Å². The molecule has 2 aliphatic heterocycles. The Morgan fingerprint density at radius 2 is 1.89 bits per heavy atom. The molecule has 1 amide bonds. The lowest BCUT2D eigenvalue weighted by molar-refractivity contribution is 0.0756. The number of carbonyl (C=O) groups is 1. The zero-order chi connectivity index (χ0) is 18.8. The quantitative estimate of drug-likeness (QED) is 0.802. The molecule has 0 radical (unpaired) electrons. The number of hydrogen-bond acceptors (Lipinski definition) is 6. The van der Waals surface area contributed by atoms with Crippen molar-refractivity contribution in [3.8, 4) is 23.0 Å². The van der Waals surface area contributed by atoms with Crippen molar-refractivity contribution in [3.63, 3.8) is 0 Å². The lowest BCUT2D eigenvalue weighted by atomic mass is 10.1. The summed E-state index contributed by atoms with van der Waals surface area (Å²) in [6.07, 6.45) is 0. The standard InChI is InChI=1S/C20H21NO5S/c1-23-14-4-5-15(17(12-14)24-2)19(22)21-7-10-27-20(21)13-3-6-16-18(11-13)26-9-8-25-16/h3-6,11-12,20H,7-10H2,1-2H3/t20-/m1/s1. The maximum atomic E-state index is 13.2. The van der Waals surface area contributed by atoms with Crippen LogP contribution in [0.5, 0.6) is 23.0 Å². The average Bonchev–Trinajstić information content (AvgIpc) is 3.22. The monoisotopic (exact) mass is 387 g/mol. The van der Waals surface area contributed by atoms with Gasteiger partial charge in [0.1, 0.15) is 30.1 Å². The number of fused-ring (bicyclic) bond motifs is 1. The van der Waals surface area contributed by atoms with Crippen molar-refractivity contribution in [3.05, 3.63) is 47.5 Å². The fraction of sp³-hybridized carbons (Fsp3) is 0.350. The largest absolute Gasteiger partial charge is 0.497 e. The van der Waals surface area contributed by atoms with E-state index in [1.165, 1.54) is 0 Å². The molecule has 0 unspecified atom stereocenters. The van der Waals surface area contributed by atoms with Crippen LogP contribution in [-0.2, 0) is 0 Å². The van der Waals surface area contributed by atoms with Crippen LogP contribution < -0.4 is 18.9 Å². The minimum atomic E-state index is -0.0693. The number of carbonyl (C=O) groups excluding carboxylic acids is 1. The molecule has 4 rings (SSSR count). The second kappa shape index (κ2) is 7.60. The zero-order valence-electron chi connectivity index (χ0n) is 15.3. The van der Waals surface area contributed by atoms with E-state index < -0.39 is 0 Å². The molecule has 6 nitrogen and oxygen atoms in total. The van der Waals surface area contributed by atoms with Gasteiger partial charge in [-0.05, 0) is 29.8 Å². The van der Waals surface area contributed by atoms with E-state index in [2.05, 4.69) is 0 Å². The number of rotatable bonds is 4.